The number of nitrogens with two attached hydrogens (primary N) is 1. The van der Waals surface area contributed by atoms with E-state index < -0.39 is 13.4 Å². The SMILES string of the molecule is CCOP(=O)(OCC)[C@H](N)c1ccc(C)cc1O. The Labute approximate surface area is 107 Å². The lowest BCUT2D eigenvalue weighted by atomic mass is 10.1. The molecule has 0 aromatic heterocycles. The van der Waals surface area contributed by atoms with Crippen LogP contribution in [0.25, 0.3) is 0 Å². The molecule has 6 heteroatoms. The highest BCUT2D eigenvalue weighted by atomic mass is 31.2. The van der Waals surface area contributed by atoms with Crippen LogP contribution in [-0.2, 0) is 13.6 Å². The summed E-state index contributed by atoms with van der Waals surface area (Å²) in [7, 11) is -3.46. The van der Waals surface area contributed by atoms with Crippen LogP contribution in [0.2, 0.25) is 0 Å². The van der Waals surface area contributed by atoms with E-state index in [2.05, 4.69) is 0 Å². The normalized spacial score (nSPS) is 13.6. The Morgan fingerprint density at radius 1 is 1.33 bits per heavy atom. The summed E-state index contributed by atoms with van der Waals surface area (Å²) in [6, 6.07) is 4.99. The third-order valence-corrected chi connectivity index (χ3v) is 4.66. The first-order valence-corrected chi connectivity index (χ1v) is 7.49. The molecule has 1 rings (SSSR count). The molecule has 1 aromatic rings. The number of aryl methyl sites for hydroxylation is 1. The summed E-state index contributed by atoms with van der Waals surface area (Å²) in [6.45, 7) is 5.75. The summed E-state index contributed by atoms with van der Waals surface area (Å²) < 4.78 is 22.8. The van der Waals surface area contributed by atoms with Gasteiger partial charge in [-0.05, 0) is 32.4 Å². The Hall–Kier alpha value is -0.870. The number of benzene rings is 1. The van der Waals surface area contributed by atoms with Gasteiger partial charge >= 0.3 is 7.60 Å². The van der Waals surface area contributed by atoms with Crippen molar-refractivity contribution >= 4 is 7.60 Å². The molecule has 5 nitrogen and oxygen atoms in total. The van der Waals surface area contributed by atoms with E-state index in [-0.39, 0.29) is 19.0 Å². The van der Waals surface area contributed by atoms with Crippen LogP contribution in [0.1, 0.15) is 30.8 Å². The largest absolute Gasteiger partial charge is 0.508 e. The first kappa shape index (κ1) is 15.2. The molecule has 3 N–H and O–H groups in total. The molecule has 0 aliphatic rings. The lowest BCUT2D eigenvalue weighted by Gasteiger charge is -2.24. The molecular weight excluding hydrogens is 253 g/mol. The molecule has 0 saturated carbocycles. The predicted molar refractivity (Wildman–Crippen MR) is 70.6 cm³/mol. The van der Waals surface area contributed by atoms with E-state index in [1.165, 1.54) is 0 Å². The Morgan fingerprint density at radius 3 is 2.33 bits per heavy atom. The molecule has 0 heterocycles. The lowest BCUT2D eigenvalue weighted by Crippen LogP contribution is -2.15. The van der Waals surface area contributed by atoms with Gasteiger partial charge in [-0.3, -0.25) is 4.57 Å². The molecule has 0 unspecified atom stereocenters. The minimum Gasteiger partial charge on any atom is -0.508 e. The van der Waals surface area contributed by atoms with Gasteiger partial charge in [0, 0.05) is 5.56 Å². The van der Waals surface area contributed by atoms with Gasteiger partial charge in [-0.15, -0.1) is 0 Å². The fourth-order valence-electron chi connectivity index (χ4n) is 1.63. The topological polar surface area (TPSA) is 81.8 Å². The summed E-state index contributed by atoms with van der Waals surface area (Å²) in [4.78, 5) is 0. The van der Waals surface area contributed by atoms with Crippen molar-refractivity contribution in [1.29, 1.82) is 0 Å². The minimum atomic E-state index is -3.46. The van der Waals surface area contributed by atoms with Gasteiger partial charge in [0.15, 0.2) is 0 Å². The standard InChI is InChI=1S/C12H20NO4P/c1-4-16-18(15,17-5-2)12(13)10-7-6-9(3)8-11(10)14/h6-8,12,14H,4-5,13H2,1-3H3/t12-/m0/s1. The van der Waals surface area contributed by atoms with Crippen LogP contribution in [0, 0.1) is 6.92 Å². The molecule has 0 spiro atoms. The molecule has 0 aliphatic carbocycles. The maximum Gasteiger partial charge on any atom is 0.351 e. The molecule has 0 amide bonds. The van der Waals surface area contributed by atoms with E-state index in [0.717, 1.165) is 5.56 Å². The second kappa shape index (κ2) is 6.34. The van der Waals surface area contributed by atoms with Crippen molar-refractivity contribution in [3.05, 3.63) is 29.3 Å². The van der Waals surface area contributed by atoms with Gasteiger partial charge in [-0.2, -0.15) is 0 Å². The summed E-state index contributed by atoms with van der Waals surface area (Å²) in [5, 5.41) is 9.85. The second-order valence-electron chi connectivity index (χ2n) is 3.88. The maximum atomic E-state index is 12.5. The number of phenolic OH excluding ortho intramolecular Hbond substituents is 1. The van der Waals surface area contributed by atoms with E-state index in [9.17, 15) is 9.67 Å². The van der Waals surface area contributed by atoms with Gasteiger partial charge < -0.3 is 19.9 Å². The fourth-order valence-corrected chi connectivity index (χ4v) is 3.31. The lowest BCUT2D eigenvalue weighted by molar-refractivity contribution is 0.212. The highest BCUT2D eigenvalue weighted by molar-refractivity contribution is 7.54. The first-order valence-electron chi connectivity index (χ1n) is 5.88. The summed E-state index contributed by atoms with van der Waals surface area (Å²) in [5.74, 6) is -0.986. The highest BCUT2D eigenvalue weighted by Crippen LogP contribution is 2.59. The molecule has 102 valence electrons. The van der Waals surface area contributed by atoms with Crippen LogP contribution in [0.3, 0.4) is 0 Å². The second-order valence-corrected chi connectivity index (χ2v) is 6.03. The molecule has 0 radical (unpaired) electrons. The quantitative estimate of drug-likeness (QED) is 0.779. The molecule has 18 heavy (non-hydrogen) atoms. The van der Waals surface area contributed by atoms with Gasteiger partial charge in [-0.1, -0.05) is 12.1 Å². The number of rotatable bonds is 6. The van der Waals surface area contributed by atoms with Gasteiger partial charge in [0.1, 0.15) is 11.5 Å². The van der Waals surface area contributed by atoms with Crippen molar-refractivity contribution < 1.29 is 18.7 Å². The van der Waals surface area contributed by atoms with Crippen molar-refractivity contribution in [3.63, 3.8) is 0 Å². The monoisotopic (exact) mass is 273 g/mol. The highest BCUT2D eigenvalue weighted by Gasteiger charge is 2.35. The van der Waals surface area contributed by atoms with Crippen molar-refractivity contribution in [2.75, 3.05) is 13.2 Å². The van der Waals surface area contributed by atoms with Crippen LogP contribution < -0.4 is 5.73 Å². The number of aromatic hydroxyl groups is 1. The molecular formula is C12H20NO4P. The van der Waals surface area contributed by atoms with Gasteiger partial charge in [0.25, 0.3) is 0 Å². The zero-order valence-electron chi connectivity index (χ0n) is 10.9. The number of hydrogen-bond acceptors (Lipinski definition) is 5. The van der Waals surface area contributed by atoms with Crippen molar-refractivity contribution in [2.45, 2.75) is 26.6 Å². The predicted octanol–water partition coefficient (Wildman–Crippen LogP) is 2.92. The zero-order chi connectivity index (χ0) is 13.8. The molecule has 0 aliphatic heterocycles. The van der Waals surface area contributed by atoms with Crippen LogP contribution in [0.4, 0.5) is 0 Å². The Bertz CT molecular complexity index is 440. The van der Waals surface area contributed by atoms with Crippen molar-refractivity contribution in [3.8, 4) is 5.75 Å². The van der Waals surface area contributed by atoms with Gasteiger partial charge in [0.05, 0.1) is 13.2 Å². The average Bonchev–Trinajstić information content (AvgIpc) is 2.29. The van der Waals surface area contributed by atoms with Crippen molar-refractivity contribution in [2.24, 2.45) is 5.73 Å². The smallest absolute Gasteiger partial charge is 0.351 e. The van der Waals surface area contributed by atoms with Crippen LogP contribution in [0.15, 0.2) is 18.2 Å². The minimum absolute atomic E-state index is 0.00197. The fraction of sp³-hybridized carbons (Fsp3) is 0.500. The molecule has 1 atom stereocenters. The van der Waals surface area contributed by atoms with Crippen LogP contribution in [-0.4, -0.2) is 18.3 Å². The first-order chi connectivity index (χ1) is 8.44. The maximum absolute atomic E-state index is 12.5. The average molecular weight is 273 g/mol. The van der Waals surface area contributed by atoms with Crippen molar-refractivity contribution in [1.82, 2.24) is 0 Å². The summed E-state index contributed by atoms with van der Waals surface area (Å²) >= 11 is 0. The van der Waals surface area contributed by atoms with E-state index in [4.69, 9.17) is 14.8 Å². The van der Waals surface area contributed by atoms with E-state index in [1.807, 2.05) is 6.92 Å². The third kappa shape index (κ3) is 3.33. The van der Waals surface area contributed by atoms with E-state index >= 15 is 0 Å². The van der Waals surface area contributed by atoms with Gasteiger partial charge in [-0.25, -0.2) is 0 Å². The molecule has 0 bridgehead atoms. The number of phenols is 1. The number of hydrogen-bond donors (Lipinski definition) is 2. The van der Waals surface area contributed by atoms with Crippen LogP contribution in [0.5, 0.6) is 5.75 Å². The third-order valence-electron chi connectivity index (χ3n) is 2.46. The van der Waals surface area contributed by atoms with E-state index in [0.29, 0.717) is 5.56 Å². The Balaban J connectivity index is 3.09. The van der Waals surface area contributed by atoms with Crippen LogP contribution >= 0.6 is 7.60 Å². The molecule has 0 fully saturated rings. The van der Waals surface area contributed by atoms with E-state index in [1.54, 1.807) is 32.0 Å². The molecule has 1 aromatic carbocycles. The summed E-state index contributed by atoms with van der Waals surface area (Å²) in [5.41, 5.74) is 7.18. The Kier molecular flexibility index (Phi) is 5.35. The van der Waals surface area contributed by atoms with Gasteiger partial charge in [0.2, 0.25) is 0 Å². The zero-order valence-corrected chi connectivity index (χ0v) is 11.8. The molecule has 0 saturated heterocycles. The Morgan fingerprint density at radius 2 is 1.89 bits per heavy atom. The summed E-state index contributed by atoms with van der Waals surface area (Å²) in [6.07, 6.45) is 0.